The number of carbonyl (C=O) groups is 1. The Kier molecular flexibility index (Phi) is 2.88. The minimum atomic E-state index is -3.40. The first-order valence-corrected chi connectivity index (χ1v) is 5.07. The number of rotatable bonds is 5. The lowest BCUT2D eigenvalue weighted by Crippen LogP contribution is -2.33. The van der Waals surface area contributed by atoms with Gasteiger partial charge in [-0.2, -0.15) is 0 Å². The Morgan fingerprint density at radius 2 is 2.06 bits per heavy atom. The molecule has 0 atom stereocenters. The number of benzene rings is 1. The molecule has 0 radical (unpaired) electrons. The SMILES string of the molecule is Cl.[2H]C([2H])([2H])C([2H])([2H])N(CC(=O)Nc1cccc(C)c1C)C([2H])([2H])C([2H])([2H])[2H]. The quantitative estimate of drug-likeness (QED) is 0.899. The molecule has 1 aromatic carbocycles. The van der Waals surface area contributed by atoms with Gasteiger partial charge in [-0.25, -0.2) is 0 Å². The average Bonchev–Trinajstić information content (AvgIpc) is 2.47. The van der Waals surface area contributed by atoms with E-state index in [1.165, 1.54) is 0 Å². The van der Waals surface area contributed by atoms with Crippen LogP contribution in [0.15, 0.2) is 18.2 Å². The van der Waals surface area contributed by atoms with Crippen LogP contribution in [0.25, 0.3) is 0 Å². The highest BCUT2D eigenvalue weighted by atomic mass is 35.5. The van der Waals surface area contributed by atoms with Crippen LogP contribution in [0, 0.1) is 13.8 Å². The van der Waals surface area contributed by atoms with E-state index in [1.807, 2.05) is 0 Å². The molecule has 0 unspecified atom stereocenters. The van der Waals surface area contributed by atoms with E-state index >= 15 is 0 Å². The van der Waals surface area contributed by atoms with Gasteiger partial charge in [0.2, 0.25) is 5.91 Å². The van der Waals surface area contributed by atoms with Crippen molar-refractivity contribution in [3.63, 3.8) is 0 Å². The molecular weight excluding hydrogens is 248 g/mol. The predicted molar refractivity (Wildman–Crippen MR) is 79.6 cm³/mol. The maximum Gasteiger partial charge on any atom is 0.238 e. The summed E-state index contributed by atoms with van der Waals surface area (Å²) in [6.45, 7) is -11.1. The number of halogens is 1. The molecule has 102 valence electrons. The zero-order valence-electron chi connectivity index (χ0n) is 20.2. The first-order chi connectivity index (χ1) is 11.9. The molecule has 1 N–H and O–H groups in total. The number of carbonyl (C=O) groups excluding carboxylic acids is 1. The second kappa shape index (κ2) is 8.11. The summed E-state index contributed by atoms with van der Waals surface area (Å²) in [5.74, 6) is -0.940. The zero-order valence-corrected chi connectivity index (χ0v) is 11.0. The Labute approximate surface area is 130 Å². The van der Waals surface area contributed by atoms with Crippen LogP contribution >= 0.6 is 12.4 Å². The lowest BCUT2D eigenvalue weighted by Gasteiger charge is -2.18. The molecule has 1 amide bonds. The maximum absolute atomic E-state index is 12.4. The third-order valence-electron chi connectivity index (χ3n) is 2.45. The number of hydrogen-bond donors (Lipinski definition) is 1. The standard InChI is InChI=1S/C14H22N2O.ClH/c1-5-16(6-2)10-14(17)15-13-9-7-8-11(3)12(13)4;/h7-9H,5-6,10H2,1-4H3,(H,15,17);1H/i1D3,2D3,5D2,6D2;. The van der Waals surface area contributed by atoms with Crippen LogP contribution in [0.4, 0.5) is 5.69 Å². The van der Waals surface area contributed by atoms with Crippen LogP contribution in [0.1, 0.15) is 38.5 Å². The van der Waals surface area contributed by atoms with Crippen molar-refractivity contribution < 1.29 is 18.5 Å². The van der Waals surface area contributed by atoms with Gasteiger partial charge in [0.05, 0.1) is 6.54 Å². The summed E-state index contributed by atoms with van der Waals surface area (Å²) in [4.78, 5) is 12.3. The minimum absolute atomic E-state index is 0. The van der Waals surface area contributed by atoms with Gasteiger partial charge in [-0.15, -0.1) is 12.4 Å². The van der Waals surface area contributed by atoms with E-state index in [2.05, 4.69) is 5.32 Å². The number of hydrogen-bond acceptors (Lipinski definition) is 2. The molecule has 0 aliphatic carbocycles. The van der Waals surface area contributed by atoms with Crippen molar-refractivity contribution in [2.75, 3.05) is 24.9 Å². The van der Waals surface area contributed by atoms with Crippen molar-refractivity contribution in [2.24, 2.45) is 0 Å². The van der Waals surface area contributed by atoms with E-state index in [1.54, 1.807) is 32.0 Å². The average molecular weight is 281 g/mol. The van der Waals surface area contributed by atoms with Crippen LogP contribution in [0.3, 0.4) is 0 Å². The van der Waals surface area contributed by atoms with E-state index in [9.17, 15) is 4.79 Å². The molecule has 0 aromatic heterocycles. The molecule has 1 aromatic rings. The van der Waals surface area contributed by atoms with Gasteiger partial charge in [0.15, 0.2) is 0 Å². The molecular formula is C14H23ClN2O. The fourth-order valence-corrected chi connectivity index (χ4v) is 1.33. The Hall–Kier alpha value is -1.06. The fourth-order valence-electron chi connectivity index (χ4n) is 1.33. The van der Waals surface area contributed by atoms with Gasteiger partial charge >= 0.3 is 0 Å². The van der Waals surface area contributed by atoms with Crippen molar-refractivity contribution in [3.05, 3.63) is 29.3 Å². The summed E-state index contributed by atoms with van der Waals surface area (Å²) >= 11 is 0. The fraction of sp³-hybridized carbons (Fsp3) is 0.500. The van der Waals surface area contributed by atoms with Crippen LogP contribution in [0.2, 0.25) is 0 Å². The van der Waals surface area contributed by atoms with Crippen molar-refractivity contribution in [1.82, 2.24) is 4.90 Å². The topological polar surface area (TPSA) is 32.3 Å². The van der Waals surface area contributed by atoms with Gasteiger partial charge < -0.3 is 5.32 Å². The third kappa shape index (κ3) is 4.67. The van der Waals surface area contributed by atoms with Crippen LogP contribution in [-0.2, 0) is 4.79 Å². The molecule has 0 saturated heterocycles. The number of likely N-dealkylation sites (N-methyl/N-ethyl adjacent to an activating group) is 1. The Bertz CT molecular complexity index is 676. The molecule has 0 bridgehead atoms. The molecule has 4 heteroatoms. The number of anilines is 1. The Balaban J connectivity index is 0.00000729. The molecule has 0 spiro atoms. The summed E-state index contributed by atoms with van der Waals surface area (Å²) in [7, 11) is 0. The Morgan fingerprint density at radius 3 is 2.67 bits per heavy atom. The van der Waals surface area contributed by atoms with Crippen molar-refractivity contribution >= 4 is 24.0 Å². The van der Waals surface area contributed by atoms with E-state index in [-0.39, 0.29) is 17.3 Å². The molecule has 0 saturated carbocycles. The summed E-state index contributed by atoms with van der Waals surface area (Å²) in [6.07, 6.45) is 0. The summed E-state index contributed by atoms with van der Waals surface area (Å²) in [5, 5.41) is 2.45. The highest BCUT2D eigenvalue weighted by Crippen LogP contribution is 2.17. The molecule has 1 rings (SSSR count). The number of nitrogens with one attached hydrogen (secondary N) is 1. The predicted octanol–water partition coefficient (Wildman–Crippen LogP) is 3.01. The molecule has 0 aliphatic heterocycles. The first-order valence-electron chi connectivity index (χ1n) is 10.1. The zero-order chi connectivity index (χ0) is 21.4. The largest absolute Gasteiger partial charge is 0.325 e. The molecule has 0 aliphatic rings. The van der Waals surface area contributed by atoms with E-state index in [0.29, 0.717) is 5.69 Å². The normalized spacial score (nSPS) is 21.3. The highest BCUT2D eigenvalue weighted by Gasteiger charge is 2.09. The molecule has 18 heavy (non-hydrogen) atoms. The second-order valence-electron chi connectivity index (χ2n) is 3.61. The minimum Gasteiger partial charge on any atom is -0.325 e. The summed E-state index contributed by atoms with van der Waals surface area (Å²) < 4.78 is 75.0. The van der Waals surface area contributed by atoms with Crippen LogP contribution in [0.5, 0.6) is 0 Å². The third-order valence-corrected chi connectivity index (χ3v) is 2.45. The number of amides is 1. The van der Waals surface area contributed by atoms with Crippen LogP contribution in [-0.4, -0.2) is 30.3 Å². The number of aryl methyl sites for hydroxylation is 1. The van der Waals surface area contributed by atoms with Gasteiger partial charge in [-0.3, -0.25) is 9.69 Å². The maximum atomic E-state index is 12.4. The lowest BCUT2D eigenvalue weighted by molar-refractivity contribution is -0.117. The van der Waals surface area contributed by atoms with Gasteiger partial charge in [-0.1, -0.05) is 25.8 Å². The summed E-state index contributed by atoms with van der Waals surface area (Å²) in [6, 6.07) is 5.04. The molecule has 3 nitrogen and oxygen atoms in total. The van der Waals surface area contributed by atoms with Crippen LogP contribution < -0.4 is 5.32 Å². The van der Waals surface area contributed by atoms with E-state index < -0.39 is 39.1 Å². The van der Waals surface area contributed by atoms with Gasteiger partial charge in [0.25, 0.3) is 0 Å². The molecule has 0 fully saturated rings. The summed E-state index contributed by atoms with van der Waals surface area (Å²) in [5.41, 5.74) is 1.96. The van der Waals surface area contributed by atoms with E-state index in [0.717, 1.165) is 11.1 Å². The second-order valence-corrected chi connectivity index (χ2v) is 3.61. The number of nitrogens with zero attached hydrogens (tertiary/aromatic N) is 1. The van der Waals surface area contributed by atoms with Gasteiger partial charge in [-0.05, 0) is 44.0 Å². The lowest BCUT2D eigenvalue weighted by atomic mass is 10.1. The Morgan fingerprint density at radius 1 is 1.39 bits per heavy atom. The molecule has 0 heterocycles. The smallest absolute Gasteiger partial charge is 0.238 e. The van der Waals surface area contributed by atoms with E-state index in [4.69, 9.17) is 13.7 Å². The van der Waals surface area contributed by atoms with Crippen molar-refractivity contribution in [3.8, 4) is 0 Å². The van der Waals surface area contributed by atoms with Gasteiger partial charge in [0, 0.05) is 19.4 Å². The highest BCUT2D eigenvalue weighted by molar-refractivity contribution is 5.93. The first kappa shape index (κ1) is 6.40. The van der Waals surface area contributed by atoms with Crippen molar-refractivity contribution in [2.45, 2.75) is 27.6 Å². The van der Waals surface area contributed by atoms with Gasteiger partial charge in [0.1, 0.15) is 0 Å². The van der Waals surface area contributed by atoms with Crippen molar-refractivity contribution in [1.29, 1.82) is 0 Å². The monoisotopic (exact) mass is 280 g/mol.